The van der Waals surface area contributed by atoms with Gasteiger partial charge in [0.15, 0.2) is 0 Å². The van der Waals surface area contributed by atoms with Crippen LogP contribution in [0.15, 0.2) is 47.2 Å². The van der Waals surface area contributed by atoms with Crippen molar-refractivity contribution in [2.24, 2.45) is 0 Å². The van der Waals surface area contributed by atoms with E-state index in [1.807, 2.05) is 18.5 Å². The molecule has 2 aromatic heterocycles. The Hall–Kier alpha value is -1.85. The summed E-state index contributed by atoms with van der Waals surface area (Å²) in [5.74, 6) is 0. The van der Waals surface area contributed by atoms with Gasteiger partial charge >= 0.3 is 6.03 Å². The first-order chi connectivity index (χ1) is 11.2. The Morgan fingerprint density at radius 1 is 1.22 bits per heavy atom. The smallest absolute Gasteiger partial charge is 0.317 e. The van der Waals surface area contributed by atoms with E-state index in [2.05, 4.69) is 48.0 Å². The zero-order valence-electron chi connectivity index (χ0n) is 13.3. The summed E-state index contributed by atoms with van der Waals surface area (Å²) in [7, 11) is 1.85. The van der Waals surface area contributed by atoms with Gasteiger partial charge in [-0.15, -0.1) is 22.7 Å². The average molecular weight is 345 g/mol. The Labute approximate surface area is 144 Å². The minimum atomic E-state index is -0.0227. The van der Waals surface area contributed by atoms with Crippen molar-refractivity contribution in [3.8, 4) is 0 Å². The number of hydrogen-bond acceptors (Lipinski definition) is 3. The lowest BCUT2D eigenvalue weighted by atomic mass is 10.1. The predicted octanol–water partition coefficient (Wildman–Crippen LogP) is 4.91. The number of thiophene rings is 2. The summed E-state index contributed by atoms with van der Waals surface area (Å²) in [6.45, 7) is 2.71. The Morgan fingerprint density at radius 2 is 2.04 bits per heavy atom. The monoisotopic (exact) mass is 344 g/mol. The largest absolute Gasteiger partial charge is 0.338 e. The van der Waals surface area contributed by atoms with E-state index in [-0.39, 0.29) is 12.1 Å². The van der Waals surface area contributed by atoms with Gasteiger partial charge in [0.1, 0.15) is 0 Å². The van der Waals surface area contributed by atoms with Gasteiger partial charge in [-0.2, -0.15) is 0 Å². The predicted molar refractivity (Wildman–Crippen MR) is 99.4 cm³/mol. The zero-order valence-corrected chi connectivity index (χ0v) is 14.9. The second-order valence-corrected chi connectivity index (χ2v) is 7.43. The molecule has 2 amide bonds. The molecule has 0 saturated carbocycles. The lowest BCUT2D eigenvalue weighted by Crippen LogP contribution is -2.39. The van der Waals surface area contributed by atoms with Gasteiger partial charge < -0.3 is 10.2 Å². The number of amides is 2. The highest BCUT2D eigenvalue weighted by atomic mass is 32.1. The molecule has 0 saturated heterocycles. The van der Waals surface area contributed by atoms with Crippen LogP contribution in [0.25, 0.3) is 10.1 Å². The highest BCUT2D eigenvalue weighted by Gasteiger charge is 2.17. The lowest BCUT2D eigenvalue weighted by molar-refractivity contribution is 0.195. The van der Waals surface area contributed by atoms with Crippen LogP contribution in [0.4, 0.5) is 4.79 Å². The standard InChI is InChI=1S/C18H20N2OS2/c1-13(16-8-5-11-22-16)20(2)18(21)19-10-9-14-12-23-17-7-4-3-6-15(14)17/h3-8,11-13H,9-10H2,1-2H3,(H,19,21). The fourth-order valence-corrected chi connectivity index (χ4v) is 4.37. The van der Waals surface area contributed by atoms with E-state index in [1.165, 1.54) is 20.5 Å². The molecule has 0 spiro atoms. The molecule has 3 aromatic rings. The van der Waals surface area contributed by atoms with E-state index in [0.717, 1.165) is 6.42 Å². The molecule has 3 rings (SSSR count). The van der Waals surface area contributed by atoms with Gasteiger partial charge in [0.25, 0.3) is 0 Å². The Kier molecular flexibility index (Phi) is 4.98. The molecule has 0 aliphatic heterocycles. The van der Waals surface area contributed by atoms with Crippen molar-refractivity contribution in [3.63, 3.8) is 0 Å². The van der Waals surface area contributed by atoms with Crippen molar-refractivity contribution in [2.45, 2.75) is 19.4 Å². The van der Waals surface area contributed by atoms with E-state index < -0.39 is 0 Å². The molecule has 1 N–H and O–H groups in total. The zero-order chi connectivity index (χ0) is 16.2. The molecule has 0 aliphatic rings. The topological polar surface area (TPSA) is 32.3 Å². The summed E-state index contributed by atoms with van der Waals surface area (Å²) in [5, 5.41) is 8.55. The Balaban J connectivity index is 1.55. The number of fused-ring (bicyclic) bond motifs is 1. The van der Waals surface area contributed by atoms with E-state index in [9.17, 15) is 4.79 Å². The number of carbonyl (C=O) groups excluding carboxylic acids is 1. The van der Waals surface area contributed by atoms with Gasteiger partial charge in [-0.05, 0) is 47.2 Å². The summed E-state index contributed by atoms with van der Waals surface area (Å²) in [5.41, 5.74) is 1.31. The summed E-state index contributed by atoms with van der Waals surface area (Å²) in [6, 6.07) is 12.6. The van der Waals surface area contributed by atoms with Crippen molar-refractivity contribution >= 4 is 38.8 Å². The third kappa shape index (κ3) is 3.57. The number of nitrogens with zero attached hydrogens (tertiary/aromatic N) is 1. The minimum absolute atomic E-state index is 0.0227. The molecule has 23 heavy (non-hydrogen) atoms. The van der Waals surface area contributed by atoms with Crippen molar-refractivity contribution in [1.29, 1.82) is 0 Å². The number of rotatable bonds is 5. The molecule has 120 valence electrons. The molecular formula is C18H20N2OS2. The van der Waals surface area contributed by atoms with Crippen molar-refractivity contribution in [1.82, 2.24) is 10.2 Å². The van der Waals surface area contributed by atoms with Gasteiger partial charge in [-0.1, -0.05) is 24.3 Å². The van der Waals surface area contributed by atoms with Crippen LogP contribution in [-0.2, 0) is 6.42 Å². The first kappa shape index (κ1) is 16.0. The molecule has 0 bridgehead atoms. The molecular weight excluding hydrogens is 324 g/mol. The maximum Gasteiger partial charge on any atom is 0.317 e. The van der Waals surface area contributed by atoms with E-state index in [1.54, 1.807) is 27.6 Å². The first-order valence-electron chi connectivity index (χ1n) is 7.66. The van der Waals surface area contributed by atoms with Gasteiger partial charge in [0, 0.05) is 23.2 Å². The van der Waals surface area contributed by atoms with Gasteiger partial charge in [-0.25, -0.2) is 4.79 Å². The number of carbonyl (C=O) groups is 1. The summed E-state index contributed by atoms with van der Waals surface area (Å²) < 4.78 is 1.30. The van der Waals surface area contributed by atoms with E-state index in [4.69, 9.17) is 0 Å². The quantitative estimate of drug-likeness (QED) is 0.701. The van der Waals surface area contributed by atoms with Crippen LogP contribution in [0, 0.1) is 0 Å². The normalized spacial score (nSPS) is 12.3. The van der Waals surface area contributed by atoms with Crippen LogP contribution in [-0.4, -0.2) is 24.5 Å². The molecule has 2 heterocycles. The number of hydrogen-bond donors (Lipinski definition) is 1. The Morgan fingerprint density at radius 3 is 2.83 bits per heavy atom. The molecule has 0 fully saturated rings. The third-order valence-corrected chi connectivity index (χ3v) is 6.14. The molecule has 1 atom stereocenters. The molecule has 1 unspecified atom stereocenters. The third-order valence-electron chi connectivity index (χ3n) is 4.09. The van der Waals surface area contributed by atoms with Crippen LogP contribution < -0.4 is 5.32 Å². The second-order valence-electron chi connectivity index (χ2n) is 5.54. The first-order valence-corrected chi connectivity index (χ1v) is 9.42. The minimum Gasteiger partial charge on any atom is -0.338 e. The molecule has 0 radical (unpaired) electrons. The van der Waals surface area contributed by atoms with Crippen molar-refractivity contribution < 1.29 is 4.79 Å². The fraction of sp³-hybridized carbons (Fsp3) is 0.278. The fourth-order valence-electron chi connectivity index (χ4n) is 2.55. The number of nitrogens with one attached hydrogen (secondary N) is 1. The average Bonchev–Trinajstić information content (AvgIpc) is 3.23. The molecule has 1 aromatic carbocycles. The van der Waals surface area contributed by atoms with E-state index >= 15 is 0 Å². The van der Waals surface area contributed by atoms with Gasteiger partial charge in [-0.3, -0.25) is 0 Å². The SMILES string of the molecule is CC(c1cccs1)N(C)C(=O)NCCc1csc2ccccc12. The summed E-state index contributed by atoms with van der Waals surface area (Å²) >= 11 is 3.44. The maximum absolute atomic E-state index is 12.3. The van der Waals surface area contributed by atoms with Crippen LogP contribution in [0.3, 0.4) is 0 Å². The van der Waals surface area contributed by atoms with E-state index in [0.29, 0.717) is 6.54 Å². The number of benzene rings is 1. The molecule has 0 aliphatic carbocycles. The molecule has 5 heteroatoms. The highest BCUT2D eigenvalue weighted by molar-refractivity contribution is 7.17. The lowest BCUT2D eigenvalue weighted by Gasteiger charge is -2.24. The van der Waals surface area contributed by atoms with Crippen LogP contribution >= 0.6 is 22.7 Å². The van der Waals surface area contributed by atoms with Crippen LogP contribution in [0.2, 0.25) is 0 Å². The van der Waals surface area contributed by atoms with Gasteiger partial charge in [0.05, 0.1) is 6.04 Å². The number of urea groups is 1. The summed E-state index contributed by atoms with van der Waals surface area (Å²) in [4.78, 5) is 15.3. The van der Waals surface area contributed by atoms with Crippen molar-refractivity contribution in [3.05, 3.63) is 57.6 Å². The van der Waals surface area contributed by atoms with Crippen LogP contribution in [0.1, 0.15) is 23.4 Å². The second kappa shape index (κ2) is 7.15. The van der Waals surface area contributed by atoms with Crippen LogP contribution in [0.5, 0.6) is 0 Å². The van der Waals surface area contributed by atoms with Crippen molar-refractivity contribution in [2.75, 3.05) is 13.6 Å². The molecule has 3 nitrogen and oxygen atoms in total. The summed E-state index contributed by atoms with van der Waals surface area (Å²) in [6.07, 6.45) is 0.858. The van der Waals surface area contributed by atoms with Gasteiger partial charge in [0.2, 0.25) is 0 Å². The Bertz CT molecular complexity index is 779. The highest BCUT2D eigenvalue weighted by Crippen LogP contribution is 2.26. The maximum atomic E-state index is 12.3.